The predicted octanol–water partition coefficient (Wildman–Crippen LogP) is 2.56. The fourth-order valence-electron chi connectivity index (χ4n) is 4.33. The van der Waals surface area contributed by atoms with Crippen LogP contribution in [-0.4, -0.2) is 78.4 Å². The Labute approximate surface area is 178 Å². The zero-order chi connectivity index (χ0) is 22.1. The average Bonchev–Trinajstić information content (AvgIpc) is 2.75. The molecule has 2 atom stereocenters. The minimum absolute atomic E-state index is 0.803. The first-order chi connectivity index (χ1) is 14.3. The largest absolute Gasteiger partial charge is 0.493 e. The van der Waals surface area contributed by atoms with E-state index in [-0.39, 0.29) is 0 Å². The maximum atomic E-state index is 9.10. The van der Waals surface area contributed by atoms with Crippen LogP contribution in [0.2, 0.25) is 0 Å². The number of hydrogen-bond acceptors (Lipinski definition) is 6. The van der Waals surface area contributed by atoms with E-state index >= 15 is 0 Å². The Morgan fingerprint density at radius 3 is 2.10 bits per heavy atom. The van der Waals surface area contributed by atoms with Crippen molar-refractivity contribution < 1.29 is 29.3 Å². The van der Waals surface area contributed by atoms with Crippen LogP contribution in [-0.2, 0) is 16.1 Å². The standard InChI is InChI=1S/C20H32N2O2.C2H2O4/c1-16-6-4-5-7-18(16)22-12-10-21(11-13-22)15-17-8-9-19(23-2)20(14-17)24-3;3-1(4)2(5)6/h8-9,14,16,18H,4-7,10-13,15H2,1-3H3;(H,3,4)(H,5,6). The van der Waals surface area contributed by atoms with Crippen molar-refractivity contribution in [3.05, 3.63) is 23.8 Å². The Balaban J connectivity index is 0.000000469. The van der Waals surface area contributed by atoms with Gasteiger partial charge in [-0.1, -0.05) is 25.8 Å². The number of aliphatic carboxylic acids is 2. The van der Waals surface area contributed by atoms with Crippen molar-refractivity contribution in [1.29, 1.82) is 0 Å². The molecule has 30 heavy (non-hydrogen) atoms. The average molecular weight is 423 g/mol. The number of piperazine rings is 1. The second-order valence-electron chi connectivity index (χ2n) is 7.94. The number of nitrogens with zero attached hydrogens (tertiary/aromatic N) is 2. The molecule has 2 fully saturated rings. The van der Waals surface area contributed by atoms with E-state index in [1.807, 2.05) is 6.07 Å². The Kier molecular flexibility index (Phi) is 9.39. The van der Waals surface area contributed by atoms with E-state index < -0.39 is 11.9 Å². The summed E-state index contributed by atoms with van der Waals surface area (Å²) in [7, 11) is 3.38. The molecule has 8 heteroatoms. The van der Waals surface area contributed by atoms with E-state index in [1.165, 1.54) is 44.3 Å². The molecule has 8 nitrogen and oxygen atoms in total. The molecule has 168 valence electrons. The van der Waals surface area contributed by atoms with Crippen molar-refractivity contribution in [2.45, 2.75) is 45.2 Å². The predicted molar refractivity (Wildman–Crippen MR) is 113 cm³/mol. The van der Waals surface area contributed by atoms with Crippen molar-refractivity contribution in [2.24, 2.45) is 5.92 Å². The van der Waals surface area contributed by atoms with Gasteiger partial charge in [0.1, 0.15) is 0 Å². The number of ether oxygens (including phenoxy) is 2. The Bertz CT molecular complexity index is 691. The zero-order valence-corrected chi connectivity index (χ0v) is 18.2. The molecule has 1 saturated heterocycles. The van der Waals surface area contributed by atoms with Gasteiger partial charge in [-0.15, -0.1) is 0 Å². The Hall–Kier alpha value is -2.32. The lowest BCUT2D eigenvalue weighted by Crippen LogP contribution is -2.52. The summed E-state index contributed by atoms with van der Waals surface area (Å²) < 4.78 is 10.7. The van der Waals surface area contributed by atoms with Gasteiger partial charge >= 0.3 is 11.9 Å². The molecule has 1 aliphatic heterocycles. The van der Waals surface area contributed by atoms with Crippen LogP contribution in [0.15, 0.2) is 18.2 Å². The van der Waals surface area contributed by atoms with E-state index in [2.05, 4.69) is 28.9 Å². The number of hydrogen-bond donors (Lipinski definition) is 2. The number of carbonyl (C=O) groups is 2. The van der Waals surface area contributed by atoms with Gasteiger partial charge in [0.05, 0.1) is 14.2 Å². The maximum absolute atomic E-state index is 9.10. The summed E-state index contributed by atoms with van der Waals surface area (Å²) in [4.78, 5) is 23.5. The van der Waals surface area contributed by atoms with E-state index in [0.29, 0.717) is 0 Å². The first-order valence-electron chi connectivity index (χ1n) is 10.5. The van der Waals surface area contributed by atoms with Crippen LogP contribution in [0.5, 0.6) is 11.5 Å². The van der Waals surface area contributed by atoms with Crippen molar-refractivity contribution >= 4 is 11.9 Å². The summed E-state index contributed by atoms with van der Waals surface area (Å²) in [5, 5.41) is 14.8. The highest BCUT2D eigenvalue weighted by Crippen LogP contribution is 2.30. The summed E-state index contributed by atoms with van der Waals surface area (Å²) in [5.74, 6) is -1.15. The molecule has 1 heterocycles. The van der Waals surface area contributed by atoms with E-state index in [4.69, 9.17) is 29.3 Å². The van der Waals surface area contributed by atoms with Gasteiger partial charge < -0.3 is 19.7 Å². The summed E-state index contributed by atoms with van der Waals surface area (Å²) in [6.45, 7) is 8.19. The number of benzene rings is 1. The van der Waals surface area contributed by atoms with Crippen LogP contribution in [0.3, 0.4) is 0 Å². The van der Waals surface area contributed by atoms with Crippen molar-refractivity contribution in [3.8, 4) is 11.5 Å². The first kappa shape index (κ1) is 24.0. The highest BCUT2D eigenvalue weighted by Gasteiger charge is 2.29. The van der Waals surface area contributed by atoms with Gasteiger partial charge in [0, 0.05) is 38.8 Å². The van der Waals surface area contributed by atoms with Crippen LogP contribution < -0.4 is 9.47 Å². The highest BCUT2D eigenvalue weighted by atomic mass is 16.5. The molecule has 2 unspecified atom stereocenters. The van der Waals surface area contributed by atoms with E-state index in [1.54, 1.807) is 14.2 Å². The lowest BCUT2D eigenvalue weighted by atomic mass is 9.84. The van der Waals surface area contributed by atoms with Crippen molar-refractivity contribution in [2.75, 3.05) is 40.4 Å². The molecular weight excluding hydrogens is 388 g/mol. The van der Waals surface area contributed by atoms with Gasteiger partial charge in [0.2, 0.25) is 0 Å². The summed E-state index contributed by atoms with van der Waals surface area (Å²) in [5.41, 5.74) is 1.30. The van der Waals surface area contributed by atoms with Crippen LogP contribution in [0, 0.1) is 5.92 Å². The highest BCUT2D eigenvalue weighted by molar-refractivity contribution is 6.27. The lowest BCUT2D eigenvalue weighted by molar-refractivity contribution is -0.159. The normalized spacial score (nSPS) is 22.5. The zero-order valence-electron chi connectivity index (χ0n) is 18.2. The molecule has 0 spiro atoms. The Morgan fingerprint density at radius 1 is 0.967 bits per heavy atom. The molecule has 1 aliphatic carbocycles. The number of carboxylic acids is 2. The second kappa shape index (κ2) is 11.8. The smallest absolute Gasteiger partial charge is 0.414 e. The van der Waals surface area contributed by atoms with Gasteiger partial charge in [-0.05, 0) is 36.5 Å². The molecule has 3 rings (SSSR count). The van der Waals surface area contributed by atoms with Gasteiger partial charge in [-0.2, -0.15) is 0 Å². The molecule has 2 aliphatic rings. The summed E-state index contributed by atoms with van der Waals surface area (Å²) in [6, 6.07) is 7.08. The summed E-state index contributed by atoms with van der Waals surface area (Å²) in [6.07, 6.45) is 5.66. The molecule has 0 amide bonds. The van der Waals surface area contributed by atoms with Crippen molar-refractivity contribution in [3.63, 3.8) is 0 Å². The third-order valence-corrected chi connectivity index (χ3v) is 5.98. The molecule has 0 bridgehead atoms. The fourth-order valence-corrected chi connectivity index (χ4v) is 4.33. The third-order valence-electron chi connectivity index (χ3n) is 5.98. The van der Waals surface area contributed by atoms with E-state index in [0.717, 1.165) is 43.1 Å². The minimum atomic E-state index is -1.82. The summed E-state index contributed by atoms with van der Waals surface area (Å²) >= 11 is 0. The van der Waals surface area contributed by atoms with Gasteiger partial charge in [-0.3, -0.25) is 9.80 Å². The number of carboxylic acid groups (broad SMARTS) is 2. The second-order valence-corrected chi connectivity index (χ2v) is 7.94. The monoisotopic (exact) mass is 422 g/mol. The van der Waals surface area contributed by atoms with Crippen LogP contribution >= 0.6 is 0 Å². The van der Waals surface area contributed by atoms with E-state index in [9.17, 15) is 0 Å². The van der Waals surface area contributed by atoms with Crippen molar-refractivity contribution in [1.82, 2.24) is 9.80 Å². The van der Waals surface area contributed by atoms with Gasteiger partial charge in [0.15, 0.2) is 11.5 Å². The number of rotatable bonds is 5. The van der Waals surface area contributed by atoms with Crippen LogP contribution in [0.4, 0.5) is 0 Å². The lowest BCUT2D eigenvalue weighted by Gasteiger charge is -2.43. The molecule has 1 saturated carbocycles. The maximum Gasteiger partial charge on any atom is 0.414 e. The first-order valence-corrected chi connectivity index (χ1v) is 10.5. The van der Waals surface area contributed by atoms with Gasteiger partial charge in [-0.25, -0.2) is 9.59 Å². The van der Waals surface area contributed by atoms with Crippen LogP contribution in [0.25, 0.3) is 0 Å². The van der Waals surface area contributed by atoms with Gasteiger partial charge in [0.25, 0.3) is 0 Å². The molecule has 0 aromatic heterocycles. The number of methoxy groups -OCH3 is 2. The molecule has 1 aromatic carbocycles. The quantitative estimate of drug-likeness (QED) is 0.699. The molecule has 1 aromatic rings. The SMILES string of the molecule is COc1ccc(CN2CCN(C3CCCCC3C)CC2)cc1OC.O=C(O)C(=O)O. The third kappa shape index (κ3) is 6.88. The minimum Gasteiger partial charge on any atom is -0.493 e. The Morgan fingerprint density at radius 2 is 1.57 bits per heavy atom. The molecular formula is C22H34N2O6. The molecule has 2 N–H and O–H groups in total. The fraction of sp³-hybridized carbons (Fsp3) is 0.636. The van der Waals surface area contributed by atoms with Crippen LogP contribution in [0.1, 0.15) is 38.2 Å². The topological polar surface area (TPSA) is 99.5 Å². The molecule has 0 radical (unpaired) electrons.